The molecule has 4 heteroatoms. The first-order valence-electron chi connectivity index (χ1n) is 7.77. The lowest BCUT2D eigenvalue weighted by atomic mass is 10.00. The molecule has 1 heterocycles. The van der Waals surface area contributed by atoms with E-state index in [0.29, 0.717) is 19.1 Å². The summed E-state index contributed by atoms with van der Waals surface area (Å²) in [5.41, 5.74) is 1.17. The maximum absolute atomic E-state index is 10.1. The molecule has 1 aliphatic rings. The molecule has 1 unspecified atom stereocenters. The molecular formula is C17H27NO3. The molecule has 0 bridgehead atoms. The number of hydrogen-bond acceptors (Lipinski definition) is 4. The molecule has 118 valence electrons. The van der Waals surface area contributed by atoms with Crippen LogP contribution in [0.3, 0.4) is 0 Å². The number of aliphatic hydroxyl groups excluding tert-OH is 1. The Morgan fingerprint density at radius 3 is 2.86 bits per heavy atom. The van der Waals surface area contributed by atoms with E-state index in [2.05, 4.69) is 11.9 Å². The first-order chi connectivity index (χ1) is 10.1. The summed E-state index contributed by atoms with van der Waals surface area (Å²) in [4.78, 5) is 2.19. The molecule has 0 radical (unpaired) electrons. The SMILES string of the molecule is Cc1cccc(OCC(O)CN(C)CC2CCOCC2)c1. The number of likely N-dealkylation sites (N-methyl/N-ethyl adjacent to an activating group) is 1. The molecule has 0 aromatic heterocycles. The van der Waals surface area contributed by atoms with Gasteiger partial charge in [-0.25, -0.2) is 0 Å². The van der Waals surface area contributed by atoms with Crippen LogP contribution in [0.2, 0.25) is 0 Å². The number of benzene rings is 1. The van der Waals surface area contributed by atoms with Crippen LogP contribution in [0.15, 0.2) is 24.3 Å². The predicted octanol–water partition coefficient (Wildman–Crippen LogP) is 2.09. The van der Waals surface area contributed by atoms with E-state index >= 15 is 0 Å². The predicted molar refractivity (Wildman–Crippen MR) is 83.7 cm³/mol. The molecule has 1 saturated heterocycles. The molecule has 1 atom stereocenters. The summed E-state index contributed by atoms with van der Waals surface area (Å²) in [6.45, 7) is 5.77. The van der Waals surface area contributed by atoms with Crippen LogP contribution in [0, 0.1) is 12.8 Å². The monoisotopic (exact) mass is 293 g/mol. The highest BCUT2D eigenvalue weighted by Crippen LogP contribution is 2.16. The summed E-state index contributed by atoms with van der Waals surface area (Å²) in [7, 11) is 2.06. The molecule has 0 aliphatic carbocycles. The number of rotatable bonds is 7. The largest absolute Gasteiger partial charge is 0.491 e. The number of hydrogen-bond donors (Lipinski definition) is 1. The molecular weight excluding hydrogens is 266 g/mol. The van der Waals surface area contributed by atoms with Crippen LogP contribution in [-0.2, 0) is 4.74 Å². The van der Waals surface area contributed by atoms with E-state index in [9.17, 15) is 5.11 Å². The summed E-state index contributed by atoms with van der Waals surface area (Å²) in [6.07, 6.45) is 1.79. The smallest absolute Gasteiger partial charge is 0.119 e. The van der Waals surface area contributed by atoms with Gasteiger partial charge >= 0.3 is 0 Å². The lowest BCUT2D eigenvalue weighted by Gasteiger charge is -2.28. The zero-order chi connectivity index (χ0) is 15.1. The normalized spacial score (nSPS) is 17.9. The molecule has 4 nitrogen and oxygen atoms in total. The van der Waals surface area contributed by atoms with E-state index in [1.165, 1.54) is 5.56 Å². The summed E-state index contributed by atoms with van der Waals surface area (Å²) < 4.78 is 11.0. The van der Waals surface area contributed by atoms with E-state index in [0.717, 1.165) is 38.3 Å². The fraction of sp³-hybridized carbons (Fsp3) is 0.647. The highest BCUT2D eigenvalue weighted by atomic mass is 16.5. The number of aliphatic hydroxyl groups is 1. The van der Waals surface area contributed by atoms with Gasteiger partial charge in [0.25, 0.3) is 0 Å². The van der Waals surface area contributed by atoms with E-state index < -0.39 is 6.10 Å². The molecule has 0 amide bonds. The number of aryl methyl sites for hydroxylation is 1. The van der Waals surface area contributed by atoms with Crippen LogP contribution < -0.4 is 4.74 Å². The third-order valence-corrected chi connectivity index (χ3v) is 3.87. The average molecular weight is 293 g/mol. The highest BCUT2D eigenvalue weighted by Gasteiger charge is 2.17. The lowest BCUT2D eigenvalue weighted by Crippen LogP contribution is -2.37. The van der Waals surface area contributed by atoms with Crippen LogP contribution in [0.4, 0.5) is 0 Å². The van der Waals surface area contributed by atoms with Crippen molar-refractivity contribution in [3.05, 3.63) is 29.8 Å². The fourth-order valence-electron chi connectivity index (χ4n) is 2.75. The van der Waals surface area contributed by atoms with Crippen LogP contribution >= 0.6 is 0 Å². The molecule has 1 aromatic rings. The van der Waals surface area contributed by atoms with E-state index in [4.69, 9.17) is 9.47 Å². The van der Waals surface area contributed by atoms with Gasteiger partial charge in [0.1, 0.15) is 18.5 Å². The maximum atomic E-state index is 10.1. The molecule has 0 saturated carbocycles. The van der Waals surface area contributed by atoms with Gasteiger partial charge in [-0.15, -0.1) is 0 Å². The first kappa shape index (κ1) is 16.3. The van der Waals surface area contributed by atoms with Crippen molar-refractivity contribution in [1.82, 2.24) is 4.90 Å². The van der Waals surface area contributed by atoms with Crippen LogP contribution in [-0.4, -0.2) is 56.1 Å². The molecule has 1 fully saturated rings. The second-order valence-electron chi connectivity index (χ2n) is 6.06. The Balaban J connectivity index is 1.67. The third-order valence-electron chi connectivity index (χ3n) is 3.87. The van der Waals surface area contributed by atoms with Crippen LogP contribution in [0.5, 0.6) is 5.75 Å². The minimum absolute atomic E-state index is 0.335. The molecule has 21 heavy (non-hydrogen) atoms. The Morgan fingerprint density at radius 2 is 2.14 bits per heavy atom. The zero-order valence-electron chi connectivity index (χ0n) is 13.1. The third kappa shape index (κ3) is 6.04. The van der Waals surface area contributed by atoms with Crippen molar-refractivity contribution in [3.8, 4) is 5.75 Å². The molecule has 1 N–H and O–H groups in total. The van der Waals surface area contributed by atoms with E-state index in [-0.39, 0.29) is 0 Å². The second-order valence-corrected chi connectivity index (χ2v) is 6.06. The summed E-state index contributed by atoms with van der Waals surface area (Å²) in [6, 6.07) is 7.91. The van der Waals surface area contributed by atoms with Gasteiger partial charge in [0, 0.05) is 26.3 Å². The van der Waals surface area contributed by atoms with Crippen LogP contribution in [0.1, 0.15) is 18.4 Å². The number of ether oxygens (including phenoxy) is 2. The van der Waals surface area contributed by atoms with Gasteiger partial charge in [-0.3, -0.25) is 0 Å². The van der Waals surface area contributed by atoms with Crippen molar-refractivity contribution in [1.29, 1.82) is 0 Å². The topological polar surface area (TPSA) is 41.9 Å². The quantitative estimate of drug-likeness (QED) is 0.836. The van der Waals surface area contributed by atoms with Crippen molar-refractivity contribution in [2.45, 2.75) is 25.9 Å². The van der Waals surface area contributed by atoms with Gasteiger partial charge < -0.3 is 19.5 Å². The van der Waals surface area contributed by atoms with Gasteiger partial charge in [0.15, 0.2) is 0 Å². The molecule has 1 aliphatic heterocycles. The Hall–Kier alpha value is -1.10. The van der Waals surface area contributed by atoms with Crippen molar-refractivity contribution in [2.24, 2.45) is 5.92 Å². The van der Waals surface area contributed by atoms with E-state index in [1.54, 1.807) is 0 Å². The summed E-state index contributed by atoms with van der Waals surface area (Å²) in [5.74, 6) is 1.51. The van der Waals surface area contributed by atoms with Gasteiger partial charge in [-0.2, -0.15) is 0 Å². The van der Waals surface area contributed by atoms with Gasteiger partial charge in [-0.05, 0) is 50.4 Å². The highest BCUT2D eigenvalue weighted by molar-refractivity contribution is 5.27. The molecule has 2 rings (SSSR count). The van der Waals surface area contributed by atoms with Gasteiger partial charge in [0.05, 0.1) is 0 Å². The van der Waals surface area contributed by atoms with E-state index in [1.807, 2.05) is 31.2 Å². The first-order valence-corrected chi connectivity index (χ1v) is 7.77. The maximum Gasteiger partial charge on any atom is 0.119 e. The summed E-state index contributed by atoms with van der Waals surface area (Å²) >= 11 is 0. The standard InChI is InChI=1S/C17H27NO3/c1-14-4-3-5-17(10-14)21-13-16(19)12-18(2)11-15-6-8-20-9-7-15/h3-5,10,15-16,19H,6-9,11-13H2,1-2H3. The van der Waals surface area contributed by atoms with Crippen molar-refractivity contribution >= 4 is 0 Å². The summed E-state index contributed by atoms with van der Waals surface area (Å²) in [5, 5.41) is 10.1. The van der Waals surface area contributed by atoms with Gasteiger partial charge in [-0.1, -0.05) is 12.1 Å². The second kappa shape index (κ2) is 8.37. The van der Waals surface area contributed by atoms with Crippen molar-refractivity contribution in [2.75, 3.05) is 40.0 Å². The molecule has 1 aromatic carbocycles. The Bertz CT molecular complexity index is 418. The zero-order valence-corrected chi connectivity index (χ0v) is 13.1. The fourth-order valence-corrected chi connectivity index (χ4v) is 2.75. The minimum Gasteiger partial charge on any atom is -0.491 e. The average Bonchev–Trinajstić information content (AvgIpc) is 2.46. The Kier molecular flexibility index (Phi) is 6.49. The minimum atomic E-state index is -0.463. The number of nitrogens with zero attached hydrogens (tertiary/aromatic N) is 1. The Morgan fingerprint density at radius 1 is 1.38 bits per heavy atom. The van der Waals surface area contributed by atoms with Gasteiger partial charge in [0.2, 0.25) is 0 Å². The Labute approximate surface area is 127 Å². The lowest BCUT2D eigenvalue weighted by molar-refractivity contribution is 0.0399. The van der Waals surface area contributed by atoms with Crippen molar-refractivity contribution < 1.29 is 14.6 Å². The van der Waals surface area contributed by atoms with Crippen LogP contribution in [0.25, 0.3) is 0 Å². The van der Waals surface area contributed by atoms with Crippen molar-refractivity contribution in [3.63, 3.8) is 0 Å². The molecule has 0 spiro atoms.